The maximum atomic E-state index is 5.40. The van der Waals surface area contributed by atoms with Gasteiger partial charge in [-0.1, -0.05) is 6.42 Å². The number of nitrogens with one attached hydrogen (secondary N) is 1. The molecule has 2 aliphatic rings. The highest BCUT2D eigenvalue weighted by molar-refractivity contribution is 4.79. The highest BCUT2D eigenvalue weighted by Gasteiger charge is 2.21. The number of piperidine rings is 1. The molecule has 15 heavy (non-hydrogen) atoms. The molecule has 1 atom stereocenters. The smallest absolute Gasteiger partial charge is 0.0480 e. The van der Waals surface area contributed by atoms with E-state index in [-0.39, 0.29) is 0 Å². The van der Waals surface area contributed by atoms with Gasteiger partial charge in [0.05, 0.1) is 0 Å². The summed E-state index contributed by atoms with van der Waals surface area (Å²) < 4.78 is 5.40. The van der Waals surface area contributed by atoms with E-state index in [9.17, 15) is 0 Å². The summed E-state index contributed by atoms with van der Waals surface area (Å²) in [6, 6.07) is 1.48. The average molecular weight is 212 g/mol. The van der Waals surface area contributed by atoms with Crippen LogP contribution in [0.5, 0.6) is 0 Å². The van der Waals surface area contributed by atoms with Crippen LogP contribution in [0.3, 0.4) is 0 Å². The van der Waals surface area contributed by atoms with Crippen molar-refractivity contribution in [3.8, 4) is 0 Å². The lowest BCUT2D eigenvalue weighted by Crippen LogP contribution is -2.46. The van der Waals surface area contributed by atoms with Gasteiger partial charge in [-0.05, 0) is 39.3 Å². The molecule has 0 bridgehead atoms. The number of rotatable bonds is 3. The molecule has 0 amide bonds. The van der Waals surface area contributed by atoms with Crippen LogP contribution in [0.15, 0.2) is 0 Å². The fourth-order valence-corrected chi connectivity index (χ4v) is 2.70. The normalized spacial score (nSPS) is 29.6. The molecular weight excluding hydrogens is 188 g/mol. The SMILES string of the molecule is CN(CC1CCCCN1)C1CCOCC1. The third-order valence-electron chi connectivity index (χ3n) is 3.73. The Kier molecular flexibility index (Phi) is 4.42. The van der Waals surface area contributed by atoms with Gasteiger partial charge in [-0.3, -0.25) is 0 Å². The third kappa shape index (κ3) is 3.44. The molecule has 0 aromatic carbocycles. The van der Waals surface area contributed by atoms with Gasteiger partial charge in [-0.15, -0.1) is 0 Å². The lowest BCUT2D eigenvalue weighted by Gasteiger charge is -2.35. The van der Waals surface area contributed by atoms with Crippen LogP contribution in [0.4, 0.5) is 0 Å². The van der Waals surface area contributed by atoms with E-state index >= 15 is 0 Å². The Bertz CT molecular complexity index is 174. The van der Waals surface area contributed by atoms with Crippen molar-refractivity contribution in [2.24, 2.45) is 0 Å². The van der Waals surface area contributed by atoms with Crippen molar-refractivity contribution >= 4 is 0 Å². The number of ether oxygens (including phenoxy) is 1. The van der Waals surface area contributed by atoms with Gasteiger partial charge >= 0.3 is 0 Å². The van der Waals surface area contributed by atoms with Gasteiger partial charge in [0.2, 0.25) is 0 Å². The predicted octanol–water partition coefficient (Wildman–Crippen LogP) is 1.24. The molecule has 88 valence electrons. The van der Waals surface area contributed by atoms with Crippen molar-refractivity contribution in [2.75, 3.05) is 33.4 Å². The molecule has 0 aromatic rings. The molecule has 3 heteroatoms. The molecule has 2 fully saturated rings. The molecule has 0 saturated carbocycles. The Morgan fingerprint density at radius 3 is 2.67 bits per heavy atom. The number of hydrogen-bond donors (Lipinski definition) is 1. The first-order chi connectivity index (χ1) is 7.36. The van der Waals surface area contributed by atoms with Gasteiger partial charge in [0.15, 0.2) is 0 Å². The molecule has 3 nitrogen and oxygen atoms in total. The molecule has 1 unspecified atom stereocenters. The van der Waals surface area contributed by atoms with Crippen molar-refractivity contribution in [3.05, 3.63) is 0 Å². The van der Waals surface area contributed by atoms with E-state index in [1.807, 2.05) is 0 Å². The Hall–Kier alpha value is -0.120. The molecule has 1 N–H and O–H groups in total. The molecule has 2 heterocycles. The standard InChI is InChI=1S/C12H24N2O/c1-14(12-5-8-15-9-6-12)10-11-4-2-3-7-13-11/h11-13H,2-10H2,1H3. The van der Waals surface area contributed by atoms with Gasteiger partial charge in [-0.25, -0.2) is 0 Å². The van der Waals surface area contributed by atoms with Crippen molar-refractivity contribution in [3.63, 3.8) is 0 Å². The minimum Gasteiger partial charge on any atom is -0.381 e. The van der Waals surface area contributed by atoms with Crippen LogP contribution >= 0.6 is 0 Å². The fourth-order valence-electron chi connectivity index (χ4n) is 2.70. The second-order valence-electron chi connectivity index (χ2n) is 4.93. The summed E-state index contributed by atoms with van der Waals surface area (Å²) in [4.78, 5) is 2.53. The highest BCUT2D eigenvalue weighted by atomic mass is 16.5. The highest BCUT2D eigenvalue weighted by Crippen LogP contribution is 2.15. The average Bonchev–Trinajstić information content (AvgIpc) is 2.31. The van der Waals surface area contributed by atoms with Gasteiger partial charge in [0.1, 0.15) is 0 Å². The quantitative estimate of drug-likeness (QED) is 0.762. The lowest BCUT2D eigenvalue weighted by molar-refractivity contribution is 0.0392. The lowest BCUT2D eigenvalue weighted by atomic mass is 10.0. The summed E-state index contributed by atoms with van der Waals surface area (Å²) in [7, 11) is 2.27. The van der Waals surface area contributed by atoms with Crippen LogP contribution in [-0.2, 0) is 4.74 Å². The summed E-state index contributed by atoms with van der Waals surface area (Å²) >= 11 is 0. The summed E-state index contributed by atoms with van der Waals surface area (Å²) in [5.74, 6) is 0. The predicted molar refractivity (Wildman–Crippen MR) is 62.1 cm³/mol. The van der Waals surface area contributed by atoms with Crippen LogP contribution in [-0.4, -0.2) is 50.3 Å². The first kappa shape index (κ1) is 11.4. The van der Waals surface area contributed by atoms with Crippen LogP contribution in [0.2, 0.25) is 0 Å². The Labute approximate surface area is 93.2 Å². The van der Waals surface area contributed by atoms with Crippen molar-refractivity contribution in [1.82, 2.24) is 10.2 Å². The second kappa shape index (κ2) is 5.83. The van der Waals surface area contributed by atoms with Crippen molar-refractivity contribution in [1.29, 1.82) is 0 Å². The van der Waals surface area contributed by atoms with E-state index < -0.39 is 0 Å². The molecule has 0 radical (unpaired) electrons. The number of likely N-dealkylation sites (N-methyl/N-ethyl adjacent to an activating group) is 1. The van der Waals surface area contributed by atoms with Crippen molar-refractivity contribution in [2.45, 2.75) is 44.2 Å². The van der Waals surface area contributed by atoms with Crippen molar-refractivity contribution < 1.29 is 4.74 Å². The third-order valence-corrected chi connectivity index (χ3v) is 3.73. The monoisotopic (exact) mass is 212 g/mol. The molecule has 2 saturated heterocycles. The van der Waals surface area contributed by atoms with Crippen LogP contribution in [0.1, 0.15) is 32.1 Å². The second-order valence-corrected chi connectivity index (χ2v) is 4.93. The first-order valence-corrected chi connectivity index (χ1v) is 6.37. The minimum atomic E-state index is 0.728. The molecule has 0 spiro atoms. The van der Waals surface area contributed by atoms with E-state index in [2.05, 4.69) is 17.3 Å². The maximum Gasteiger partial charge on any atom is 0.0480 e. The fraction of sp³-hybridized carbons (Fsp3) is 1.00. The summed E-state index contributed by atoms with van der Waals surface area (Å²) in [6.07, 6.45) is 6.54. The van der Waals surface area contributed by atoms with Crippen LogP contribution < -0.4 is 5.32 Å². The van der Waals surface area contributed by atoms with E-state index in [0.29, 0.717) is 0 Å². The van der Waals surface area contributed by atoms with Gasteiger partial charge in [0.25, 0.3) is 0 Å². The number of nitrogens with zero attached hydrogens (tertiary/aromatic N) is 1. The molecule has 2 aliphatic heterocycles. The van der Waals surface area contributed by atoms with E-state index in [1.165, 1.54) is 45.2 Å². The molecular formula is C12H24N2O. The van der Waals surface area contributed by atoms with Gasteiger partial charge < -0.3 is 15.0 Å². The van der Waals surface area contributed by atoms with E-state index in [4.69, 9.17) is 4.74 Å². The molecule has 0 aliphatic carbocycles. The molecule has 2 rings (SSSR count). The zero-order valence-corrected chi connectivity index (χ0v) is 9.87. The number of hydrogen-bond acceptors (Lipinski definition) is 3. The largest absolute Gasteiger partial charge is 0.381 e. The van der Waals surface area contributed by atoms with Gasteiger partial charge in [-0.2, -0.15) is 0 Å². The zero-order valence-electron chi connectivity index (χ0n) is 9.87. The van der Waals surface area contributed by atoms with Crippen LogP contribution in [0, 0.1) is 0 Å². The Balaban J connectivity index is 1.72. The zero-order chi connectivity index (χ0) is 10.5. The molecule has 0 aromatic heterocycles. The van der Waals surface area contributed by atoms with Crippen LogP contribution in [0.25, 0.3) is 0 Å². The first-order valence-electron chi connectivity index (χ1n) is 6.37. The summed E-state index contributed by atoms with van der Waals surface area (Å²) in [6.45, 7) is 4.33. The van der Waals surface area contributed by atoms with Gasteiger partial charge in [0, 0.05) is 31.8 Å². The maximum absolute atomic E-state index is 5.40. The van der Waals surface area contributed by atoms with E-state index in [1.54, 1.807) is 0 Å². The Morgan fingerprint density at radius 1 is 1.20 bits per heavy atom. The topological polar surface area (TPSA) is 24.5 Å². The van der Waals surface area contributed by atoms with E-state index in [0.717, 1.165) is 25.3 Å². The summed E-state index contributed by atoms with van der Waals surface area (Å²) in [5.41, 5.74) is 0. The summed E-state index contributed by atoms with van der Waals surface area (Å²) in [5, 5.41) is 3.62. The Morgan fingerprint density at radius 2 is 2.00 bits per heavy atom. The minimum absolute atomic E-state index is 0.728.